The van der Waals surface area contributed by atoms with Crippen molar-refractivity contribution in [3.63, 3.8) is 0 Å². The highest BCUT2D eigenvalue weighted by molar-refractivity contribution is 7.89. The molecule has 196 valence electrons. The molecular weight excluding hydrogens is 498 g/mol. The maximum atomic E-state index is 12.9. The van der Waals surface area contributed by atoms with Gasteiger partial charge in [0.1, 0.15) is 12.4 Å². The average molecular weight is 528 g/mol. The van der Waals surface area contributed by atoms with Gasteiger partial charge in [0.15, 0.2) is 23.0 Å². The third-order valence-electron chi connectivity index (χ3n) is 6.00. The molecule has 0 bridgehead atoms. The van der Waals surface area contributed by atoms with Crippen molar-refractivity contribution in [3.05, 3.63) is 53.1 Å². The Morgan fingerprint density at radius 1 is 0.892 bits per heavy atom. The SMILES string of the molecule is COc1ccc(-c2nnc3ccc(OCCNS(=O)(=O)c4cc(C)c(OC)c(C)c4C)nn23)cc1OC. The minimum absolute atomic E-state index is 0.0519. The molecule has 2 heterocycles. The van der Waals surface area contributed by atoms with E-state index in [2.05, 4.69) is 20.0 Å². The van der Waals surface area contributed by atoms with Crippen molar-refractivity contribution < 1.29 is 27.4 Å². The van der Waals surface area contributed by atoms with Gasteiger partial charge in [-0.25, -0.2) is 13.1 Å². The molecule has 0 saturated carbocycles. The number of aryl methyl sites for hydroxylation is 1. The van der Waals surface area contributed by atoms with E-state index in [0.29, 0.717) is 40.2 Å². The number of sulfonamides is 1. The van der Waals surface area contributed by atoms with E-state index in [0.717, 1.165) is 16.7 Å². The van der Waals surface area contributed by atoms with Crippen molar-refractivity contribution in [2.45, 2.75) is 25.7 Å². The van der Waals surface area contributed by atoms with Gasteiger partial charge in [0.25, 0.3) is 0 Å². The van der Waals surface area contributed by atoms with Gasteiger partial charge in [0, 0.05) is 18.2 Å². The number of nitrogens with one attached hydrogen (secondary N) is 1. The van der Waals surface area contributed by atoms with Crippen molar-refractivity contribution in [1.82, 2.24) is 24.5 Å². The van der Waals surface area contributed by atoms with Gasteiger partial charge < -0.3 is 18.9 Å². The topological polar surface area (TPSA) is 126 Å². The summed E-state index contributed by atoms with van der Waals surface area (Å²) in [6.07, 6.45) is 0. The predicted molar refractivity (Wildman–Crippen MR) is 137 cm³/mol. The second-order valence-corrected chi connectivity index (χ2v) is 9.99. The van der Waals surface area contributed by atoms with Crippen molar-refractivity contribution in [1.29, 1.82) is 0 Å². The molecule has 37 heavy (non-hydrogen) atoms. The summed E-state index contributed by atoms with van der Waals surface area (Å²) in [5, 5.41) is 12.9. The van der Waals surface area contributed by atoms with Gasteiger partial charge in [0.05, 0.1) is 26.2 Å². The molecule has 1 N–H and O–H groups in total. The zero-order valence-electron chi connectivity index (χ0n) is 21.5. The number of fused-ring (bicyclic) bond motifs is 1. The minimum Gasteiger partial charge on any atom is -0.496 e. The van der Waals surface area contributed by atoms with Gasteiger partial charge in [-0.3, -0.25) is 0 Å². The Bertz CT molecular complexity index is 1550. The molecule has 0 radical (unpaired) electrons. The van der Waals surface area contributed by atoms with E-state index >= 15 is 0 Å². The van der Waals surface area contributed by atoms with Crippen molar-refractivity contribution in [2.24, 2.45) is 0 Å². The molecule has 0 fully saturated rings. The molecule has 2 aromatic carbocycles. The largest absolute Gasteiger partial charge is 0.496 e. The Kier molecular flexibility index (Phi) is 7.50. The van der Waals surface area contributed by atoms with E-state index in [1.165, 1.54) is 0 Å². The Balaban J connectivity index is 1.47. The Morgan fingerprint density at radius 2 is 1.65 bits per heavy atom. The number of ether oxygens (including phenoxy) is 4. The van der Waals surface area contributed by atoms with E-state index < -0.39 is 10.0 Å². The summed E-state index contributed by atoms with van der Waals surface area (Å²) in [7, 11) is 0.941. The summed E-state index contributed by atoms with van der Waals surface area (Å²) in [4.78, 5) is 0.215. The summed E-state index contributed by atoms with van der Waals surface area (Å²) in [6.45, 7) is 5.54. The van der Waals surface area contributed by atoms with Crippen LogP contribution < -0.4 is 23.7 Å². The summed E-state index contributed by atoms with van der Waals surface area (Å²) in [5.41, 5.74) is 3.43. The molecular formula is C25H29N5O6S. The lowest BCUT2D eigenvalue weighted by molar-refractivity contribution is 0.306. The summed E-state index contributed by atoms with van der Waals surface area (Å²) in [5.74, 6) is 2.61. The van der Waals surface area contributed by atoms with Crippen LogP contribution in [0.15, 0.2) is 41.3 Å². The smallest absolute Gasteiger partial charge is 0.240 e. The maximum Gasteiger partial charge on any atom is 0.240 e. The first-order chi connectivity index (χ1) is 17.7. The lowest BCUT2D eigenvalue weighted by Crippen LogP contribution is -2.29. The van der Waals surface area contributed by atoms with Crippen molar-refractivity contribution in [3.8, 4) is 34.5 Å². The fraction of sp³-hybridized carbons (Fsp3) is 0.320. The van der Waals surface area contributed by atoms with Crippen LogP contribution in [0.4, 0.5) is 0 Å². The van der Waals surface area contributed by atoms with Crippen LogP contribution in [0.3, 0.4) is 0 Å². The summed E-state index contributed by atoms with van der Waals surface area (Å²) >= 11 is 0. The van der Waals surface area contributed by atoms with Crippen molar-refractivity contribution >= 4 is 15.7 Å². The van der Waals surface area contributed by atoms with Gasteiger partial charge in [-0.2, -0.15) is 4.52 Å². The maximum absolute atomic E-state index is 12.9. The molecule has 0 saturated heterocycles. The number of nitrogens with zero attached hydrogens (tertiary/aromatic N) is 4. The number of aromatic nitrogens is 4. The molecule has 4 aromatic rings. The molecule has 0 unspecified atom stereocenters. The van der Waals surface area contributed by atoms with Gasteiger partial charge >= 0.3 is 0 Å². The highest BCUT2D eigenvalue weighted by Crippen LogP contribution is 2.32. The first kappa shape index (κ1) is 26.2. The molecule has 12 heteroatoms. The van der Waals surface area contributed by atoms with Gasteiger partial charge in [-0.05, 0) is 67.8 Å². The minimum atomic E-state index is -3.75. The van der Waals surface area contributed by atoms with Crippen LogP contribution in [-0.2, 0) is 10.0 Å². The van der Waals surface area contributed by atoms with Crippen molar-refractivity contribution in [2.75, 3.05) is 34.5 Å². The summed E-state index contributed by atoms with van der Waals surface area (Å²) < 4.78 is 51.8. The molecule has 11 nitrogen and oxygen atoms in total. The highest BCUT2D eigenvalue weighted by atomic mass is 32.2. The molecule has 0 aliphatic carbocycles. The van der Waals surface area contributed by atoms with E-state index in [-0.39, 0.29) is 18.0 Å². The Hall–Kier alpha value is -3.90. The quantitative estimate of drug-likeness (QED) is 0.310. The zero-order valence-corrected chi connectivity index (χ0v) is 22.3. The van der Waals surface area contributed by atoms with Gasteiger partial charge in [0.2, 0.25) is 15.9 Å². The van der Waals surface area contributed by atoms with Crippen LogP contribution in [0.1, 0.15) is 16.7 Å². The zero-order chi connectivity index (χ0) is 26.7. The molecule has 2 aromatic heterocycles. The molecule has 0 spiro atoms. The molecule has 0 atom stereocenters. The number of methoxy groups -OCH3 is 3. The first-order valence-corrected chi connectivity index (χ1v) is 12.9. The lowest BCUT2D eigenvalue weighted by atomic mass is 10.1. The van der Waals surface area contributed by atoms with Crippen LogP contribution in [0.25, 0.3) is 17.0 Å². The predicted octanol–water partition coefficient (Wildman–Crippen LogP) is 3.10. The second-order valence-electron chi connectivity index (χ2n) is 8.26. The molecule has 0 aliphatic rings. The fourth-order valence-corrected chi connectivity index (χ4v) is 5.42. The number of hydrogen-bond acceptors (Lipinski definition) is 9. The lowest BCUT2D eigenvalue weighted by Gasteiger charge is -2.16. The molecule has 0 aliphatic heterocycles. The third-order valence-corrected chi connectivity index (χ3v) is 7.58. The highest BCUT2D eigenvalue weighted by Gasteiger charge is 2.21. The van der Waals surface area contributed by atoms with E-state index in [1.54, 1.807) is 63.1 Å². The average Bonchev–Trinajstić information content (AvgIpc) is 3.32. The molecule has 0 amide bonds. The van der Waals surface area contributed by atoms with Crippen LogP contribution >= 0.6 is 0 Å². The van der Waals surface area contributed by atoms with Gasteiger partial charge in [-0.1, -0.05) is 0 Å². The van der Waals surface area contributed by atoms with E-state index in [4.69, 9.17) is 18.9 Å². The summed E-state index contributed by atoms with van der Waals surface area (Å²) in [6, 6.07) is 10.4. The first-order valence-electron chi connectivity index (χ1n) is 11.4. The number of rotatable bonds is 10. The van der Waals surface area contributed by atoms with E-state index in [9.17, 15) is 8.42 Å². The van der Waals surface area contributed by atoms with Gasteiger partial charge in [-0.15, -0.1) is 15.3 Å². The van der Waals surface area contributed by atoms with Crippen LogP contribution in [0, 0.1) is 20.8 Å². The Labute approximate surface area is 215 Å². The monoisotopic (exact) mass is 527 g/mol. The fourth-order valence-electron chi connectivity index (χ4n) is 4.03. The van der Waals surface area contributed by atoms with Crippen LogP contribution in [-0.4, -0.2) is 62.7 Å². The standard InChI is InChI=1S/C25H29N5O6S/c1-15-13-21(16(2)17(3)24(15)35-6)37(31,32)26-11-12-36-23-10-9-22-27-28-25(30(22)29-23)18-7-8-19(33-4)20(14-18)34-5/h7-10,13-14,26H,11-12H2,1-6H3. The second kappa shape index (κ2) is 10.6. The normalized spacial score (nSPS) is 11.5. The Morgan fingerprint density at radius 3 is 2.35 bits per heavy atom. The third kappa shape index (κ3) is 5.16. The van der Waals surface area contributed by atoms with Crippen LogP contribution in [0.2, 0.25) is 0 Å². The number of benzene rings is 2. The molecule has 4 rings (SSSR count). The van der Waals surface area contributed by atoms with Crippen LogP contribution in [0.5, 0.6) is 23.1 Å². The number of hydrogen-bond donors (Lipinski definition) is 1. The van der Waals surface area contributed by atoms with E-state index in [1.807, 2.05) is 19.9 Å².